The highest BCUT2D eigenvalue weighted by atomic mass is 127. The number of hydrogen-bond acceptors (Lipinski definition) is 4. The number of aryl methyl sites for hydroxylation is 1. The Bertz CT molecular complexity index is 927. The molecule has 0 radical (unpaired) electrons. The van der Waals surface area contributed by atoms with Crippen molar-refractivity contribution in [2.45, 2.75) is 20.0 Å². The van der Waals surface area contributed by atoms with E-state index in [0.717, 1.165) is 9.13 Å². The Kier molecular flexibility index (Phi) is 8.29. The molecule has 0 spiro atoms. The van der Waals surface area contributed by atoms with Crippen molar-refractivity contribution in [1.82, 2.24) is 16.2 Å². The van der Waals surface area contributed by atoms with Gasteiger partial charge in [-0.05, 0) is 84.6 Å². The van der Waals surface area contributed by atoms with Crippen molar-refractivity contribution in [3.8, 4) is 5.75 Å². The van der Waals surface area contributed by atoms with Crippen LogP contribution >= 0.6 is 58.0 Å². The fourth-order valence-corrected chi connectivity index (χ4v) is 3.09. The van der Waals surface area contributed by atoms with E-state index in [9.17, 15) is 9.59 Å². The molecule has 10 heteroatoms. The lowest BCUT2D eigenvalue weighted by molar-refractivity contribution is -0.127. The molecule has 3 N–H and O–H groups in total. The molecule has 6 nitrogen and oxygen atoms in total. The summed E-state index contributed by atoms with van der Waals surface area (Å²) in [5, 5.41) is 3.19. The van der Waals surface area contributed by atoms with E-state index in [1.165, 1.54) is 13.0 Å². The Morgan fingerprint density at radius 1 is 1.14 bits per heavy atom. The number of thiocarbonyl (C=S) groups is 1. The molecule has 2 aromatic carbocycles. The average molecular weight is 552 g/mol. The van der Waals surface area contributed by atoms with Crippen molar-refractivity contribution in [1.29, 1.82) is 0 Å². The van der Waals surface area contributed by atoms with E-state index >= 15 is 0 Å². The van der Waals surface area contributed by atoms with Crippen LogP contribution in [0.25, 0.3) is 0 Å². The maximum Gasteiger partial charge on any atom is 0.279 e. The number of carbonyl (C=O) groups excluding carboxylic acids is 2. The molecule has 0 aliphatic rings. The summed E-state index contributed by atoms with van der Waals surface area (Å²) < 4.78 is 6.46. The third-order valence-corrected chi connectivity index (χ3v) is 5.42. The van der Waals surface area contributed by atoms with Crippen LogP contribution in [0.15, 0.2) is 36.4 Å². The second-order valence-corrected chi connectivity index (χ2v) is 8.11. The third-order valence-electron chi connectivity index (χ3n) is 3.53. The molecule has 1 atom stereocenters. The summed E-state index contributed by atoms with van der Waals surface area (Å²) in [6.07, 6.45) is -0.872. The molecule has 28 heavy (non-hydrogen) atoms. The minimum absolute atomic E-state index is 0.0503. The predicted molar refractivity (Wildman–Crippen MR) is 122 cm³/mol. The van der Waals surface area contributed by atoms with Gasteiger partial charge in [0.2, 0.25) is 0 Å². The number of amides is 2. The van der Waals surface area contributed by atoms with Crippen molar-refractivity contribution >= 4 is 74.9 Å². The fraction of sp³-hybridized carbons (Fsp3) is 0.167. The number of carbonyl (C=O) groups is 2. The second-order valence-electron chi connectivity index (χ2n) is 5.70. The van der Waals surface area contributed by atoms with E-state index in [-0.39, 0.29) is 16.0 Å². The van der Waals surface area contributed by atoms with E-state index in [2.05, 4.69) is 38.8 Å². The van der Waals surface area contributed by atoms with Crippen LogP contribution in [0.2, 0.25) is 10.0 Å². The number of benzene rings is 2. The first-order valence-electron chi connectivity index (χ1n) is 7.96. The number of hydrogen-bond donors (Lipinski definition) is 3. The van der Waals surface area contributed by atoms with Crippen molar-refractivity contribution in [2.24, 2.45) is 0 Å². The number of ether oxygens (including phenoxy) is 1. The van der Waals surface area contributed by atoms with E-state index in [0.29, 0.717) is 16.3 Å². The van der Waals surface area contributed by atoms with Gasteiger partial charge in [-0.25, -0.2) is 0 Å². The largest absolute Gasteiger partial charge is 0.479 e. The van der Waals surface area contributed by atoms with Gasteiger partial charge in [-0.3, -0.25) is 25.8 Å². The highest BCUT2D eigenvalue weighted by Crippen LogP contribution is 2.28. The Morgan fingerprint density at radius 2 is 1.86 bits per heavy atom. The van der Waals surface area contributed by atoms with E-state index in [4.69, 9.17) is 40.2 Å². The molecule has 0 saturated carbocycles. The number of hydrazine groups is 1. The summed E-state index contributed by atoms with van der Waals surface area (Å²) in [6.45, 7) is 3.49. The van der Waals surface area contributed by atoms with Gasteiger partial charge in [-0.15, -0.1) is 0 Å². The summed E-state index contributed by atoms with van der Waals surface area (Å²) in [7, 11) is 0. The second kappa shape index (κ2) is 10.2. The van der Waals surface area contributed by atoms with Crippen LogP contribution < -0.4 is 20.9 Å². The Hall–Kier alpha value is -1.62. The summed E-state index contributed by atoms with van der Waals surface area (Å²) in [5.74, 6) is -0.576. The smallest absolute Gasteiger partial charge is 0.279 e. The first-order chi connectivity index (χ1) is 13.2. The van der Waals surface area contributed by atoms with Crippen LogP contribution in [0.3, 0.4) is 0 Å². The van der Waals surface area contributed by atoms with Gasteiger partial charge >= 0.3 is 0 Å². The molecule has 148 valence electrons. The summed E-state index contributed by atoms with van der Waals surface area (Å²) in [5.41, 5.74) is 6.36. The summed E-state index contributed by atoms with van der Waals surface area (Å²) in [6, 6.07) is 9.96. The van der Waals surface area contributed by atoms with Crippen LogP contribution in [0.4, 0.5) is 0 Å². The lowest BCUT2D eigenvalue weighted by atomic mass is 10.1. The Morgan fingerprint density at radius 3 is 2.50 bits per heavy atom. The molecule has 0 aliphatic heterocycles. The lowest BCUT2D eigenvalue weighted by Crippen LogP contribution is -2.51. The molecule has 0 heterocycles. The number of halogens is 3. The monoisotopic (exact) mass is 551 g/mol. The van der Waals surface area contributed by atoms with Gasteiger partial charge in [-0.2, -0.15) is 0 Å². The molecule has 0 aliphatic carbocycles. The molecule has 1 unspecified atom stereocenters. The Balaban J connectivity index is 1.84. The van der Waals surface area contributed by atoms with Gasteiger partial charge < -0.3 is 4.74 Å². The van der Waals surface area contributed by atoms with Crippen molar-refractivity contribution in [3.05, 3.63) is 61.1 Å². The minimum Gasteiger partial charge on any atom is -0.479 e. The zero-order chi connectivity index (χ0) is 20.8. The summed E-state index contributed by atoms with van der Waals surface area (Å²) in [4.78, 5) is 24.3. The molecule has 0 bridgehead atoms. The van der Waals surface area contributed by atoms with Crippen molar-refractivity contribution < 1.29 is 14.3 Å². The van der Waals surface area contributed by atoms with E-state index < -0.39 is 12.0 Å². The lowest BCUT2D eigenvalue weighted by Gasteiger charge is -2.17. The molecule has 0 saturated heterocycles. The quantitative estimate of drug-likeness (QED) is 0.304. The molecule has 0 fully saturated rings. The Labute approximate surface area is 191 Å². The zero-order valence-electron chi connectivity index (χ0n) is 14.8. The normalized spacial score (nSPS) is 11.3. The number of rotatable bonds is 4. The number of nitrogens with one attached hydrogen (secondary N) is 3. The van der Waals surface area contributed by atoms with Gasteiger partial charge in [0.15, 0.2) is 11.2 Å². The van der Waals surface area contributed by atoms with Crippen LogP contribution in [0.5, 0.6) is 5.75 Å². The molecular formula is C18H16Cl2IN3O3S. The van der Waals surface area contributed by atoms with E-state index in [1.54, 1.807) is 24.3 Å². The average Bonchev–Trinajstić information content (AvgIpc) is 2.64. The van der Waals surface area contributed by atoms with Crippen molar-refractivity contribution in [3.63, 3.8) is 0 Å². The van der Waals surface area contributed by atoms with Gasteiger partial charge in [0.25, 0.3) is 11.8 Å². The predicted octanol–water partition coefficient (Wildman–Crippen LogP) is 4.01. The zero-order valence-corrected chi connectivity index (χ0v) is 19.3. The summed E-state index contributed by atoms with van der Waals surface area (Å²) >= 11 is 19.0. The fourth-order valence-electron chi connectivity index (χ4n) is 1.98. The van der Waals surface area contributed by atoms with Crippen LogP contribution in [-0.2, 0) is 4.79 Å². The van der Waals surface area contributed by atoms with Gasteiger partial charge in [0.1, 0.15) is 5.75 Å². The van der Waals surface area contributed by atoms with Crippen LogP contribution in [0, 0.1) is 10.5 Å². The maximum absolute atomic E-state index is 12.2. The van der Waals surface area contributed by atoms with Crippen LogP contribution in [0.1, 0.15) is 22.8 Å². The molecule has 2 aromatic rings. The van der Waals surface area contributed by atoms with Gasteiger partial charge in [-0.1, -0.05) is 29.3 Å². The minimum atomic E-state index is -0.872. The highest BCUT2D eigenvalue weighted by molar-refractivity contribution is 14.1. The highest BCUT2D eigenvalue weighted by Gasteiger charge is 2.17. The first-order valence-corrected chi connectivity index (χ1v) is 10.2. The van der Waals surface area contributed by atoms with Crippen LogP contribution in [-0.4, -0.2) is 23.0 Å². The molecule has 2 amide bonds. The van der Waals surface area contributed by atoms with Crippen molar-refractivity contribution in [2.75, 3.05) is 0 Å². The van der Waals surface area contributed by atoms with E-state index in [1.807, 2.05) is 13.0 Å². The standard InChI is InChI=1S/C18H16Cl2IN3O3S/c1-9-3-4-11(7-14(9)21)17(26)22-18(28)24-23-16(25)10(2)27-15-6-5-12(19)8-13(15)20/h3-8,10H,1-2H3,(H,23,25)(H2,22,24,26,28). The molecule has 0 aromatic heterocycles. The molecular weight excluding hydrogens is 536 g/mol. The topological polar surface area (TPSA) is 79.5 Å². The van der Waals surface area contributed by atoms with Gasteiger partial charge in [0.05, 0.1) is 5.02 Å². The molecule has 2 rings (SSSR count). The third kappa shape index (κ3) is 6.47. The SMILES string of the molecule is Cc1ccc(C(=O)NC(=S)NNC(=O)C(C)Oc2ccc(Cl)cc2Cl)cc1I. The first kappa shape index (κ1) is 22.7. The van der Waals surface area contributed by atoms with Gasteiger partial charge in [0, 0.05) is 14.2 Å². The maximum atomic E-state index is 12.2.